The van der Waals surface area contributed by atoms with Crippen molar-refractivity contribution in [1.29, 1.82) is 0 Å². The van der Waals surface area contributed by atoms with E-state index in [9.17, 15) is 24.3 Å². The lowest BCUT2D eigenvalue weighted by Gasteiger charge is -2.25. The molecule has 1 saturated heterocycles. The highest BCUT2D eigenvalue weighted by atomic mass is 16.4. The number of hydrogen-bond acceptors (Lipinski definition) is 6. The third-order valence-electron chi connectivity index (χ3n) is 3.85. The van der Waals surface area contributed by atoms with Crippen LogP contribution in [0.25, 0.3) is 0 Å². The number of aliphatic hydroxyl groups is 1. The summed E-state index contributed by atoms with van der Waals surface area (Å²) in [7, 11) is 0. The summed E-state index contributed by atoms with van der Waals surface area (Å²) in [6.45, 7) is 2.89. The Labute approximate surface area is 145 Å². The van der Waals surface area contributed by atoms with E-state index in [1.54, 1.807) is 13.8 Å². The van der Waals surface area contributed by atoms with Crippen molar-refractivity contribution in [3.8, 4) is 0 Å². The van der Waals surface area contributed by atoms with Crippen LogP contribution in [0.2, 0.25) is 0 Å². The number of hydrogen-bond donors (Lipinski definition) is 6. The zero-order valence-electron chi connectivity index (χ0n) is 14.4. The molecule has 0 aliphatic carbocycles. The maximum atomic E-state index is 12.3. The normalized spacial score (nSPS) is 19.1. The second kappa shape index (κ2) is 9.94. The largest absolute Gasteiger partial charge is 0.480 e. The molecular formula is C15H26N4O6. The van der Waals surface area contributed by atoms with Gasteiger partial charge in [0.25, 0.3) is 0 Å². The number of rotatable bonds is 9. The highest BCUT2D eigenvalue weighted by Gasteiger charge is 2.30. The SMILES string of the molecule is CC(C)C(NC(=O)C(CO)NC(=O)C1CCCN1)C(=O)NCC(=O)O. The van der Waals surface area contributed by atoms with E-state index in [1.807, 2.05) is 0 Å². The van der Waals surface area contributed by atoms with Gasteiger partial charge in [-0.05, 0) is 25.3 Å². The van der Waals surface area contributed by atoms with Gasteiger partial charge in [0.2, 0.25) is 17.7 Å². The lowest BCUT2D eigenvalue weighted by atomic mass is 10.0. The standard InChI is InChI=1S/C15H26N4O6/c1-8(2)12(15(25)17-6-11(21)22)19-14(24)10(7-20)18-13(23)9-4-3-5-16-9/h8-10,12,16,20H,3-7H2,1-2H3,(H,17,25)(H,18,23)(H,19,24)(H,21,22). The summed E-state index contributed by atoms with van der Waals surface area (Å²) in [6.07, 6.45) is 1.51. The Hall–Kier alpha value is -2.20. The van der Waals surface area contributed by atoms with Crippen molar-refractivity contribution < 1.29 is 29.4 Å². The van der Waals surface area contributed by atoms with Gasteiger partial charge < -0.3 is 31.5 Å². The van der Waals surface area contributed by atoms with Crippen LogP contribution in [0, 0.1) is 5.92 Å². The van der Waals surface area contributed by atoms with Crippen LogP contribution in [0.3, 0.4) is 0 Å². The first-order chi connectivity index (χ1) is 11.8. The zero-order valence-corrected chi connectivity index (χ0v) is 14.4. The van der Waals surface area contributed by atoms with Crippen molar-refractivity contribution in [3.63, 3.8) is 0 Å². The molecule has 0 saturated carbocycles. The van der Waals surface area contributed by atoms with E-state index in [0.717, 1.165) is 6.42 Å². The molecule has 1 heterocycles. The predicted octanol–water partition coefficient (Wildman–Crippen LogP) is -2.44. The highest BCUT2D eigenvalue weighted by molar-refractivity contribution is 5.93. The number of carbonyl (C=O) groups excluding carboxylic acids is 3. The van der Waals surface area contributed by atoms with E-state index in [-0.39, 0.29) is 11.8 Å². The number of aliphatic hydroxyl groups excluding tert-OH is 1. The minimum absolute atomic E-state index is 0.315. The predicted molar refractivity (Wildman–Crippen MR) is 87.5 cm³/mol. The van der Waals surface area contributed by atoms with E-state index in [0.29, 0.717) is 13.0 Å². The smallest absolute Gasteiger partial charge is 0.322 e. The second-order valence-electron chi connectivity index (χ2n) is 6.23. The van der Waals surface area contributed by atoms with Crippen LogP contribution in [0.1, 0.15) is 26.7 Å². The number of carboxylic acids is 1. The average molecular weight is 358 g/mol. The molecular weight excluding hydrogens is 332 g/mol. The minimum atomic E-state index is -1.20. The molecule has 0 spiro atoms. The van der Waals surface area contributed by atoms with Crippen LogP contribution < -0.4 is 21.3 Å². The minimum Gasteiger partial charge on any atom is -0.480 e. The van der Waals surface area contributed by atoms with Gasteiger partial charge in [-0.1, -0.05) is 13.8 Å². The first kappa shape index (κ1) is 20.8. The Morgan fingerprint density at radius 2 is 1.84 bits per heavy atom. The van der Waals surface area contributed by atoms with E-state index in [2.05, 4.69) is 21.3 Å². The summed E-state index contributed by atoms with van der Waals surface area (Å²) in [5, 5.41) is 28.1. The first-order valence-corrected chi connectivity index (χ1v) is 8.20. The molecule has 0 aromatic carbocycles. The summed E-state index contributed by atoms with van der Waals surface area (Å²) in [5.41, 5.74) is 0. The molecule has 25 heavy (non-hydrogen) atoms. The molecule has 1 aliphatic rings. The summed E-state index contributed by atoms with van der Waals surface area (Å²) in [6, 6.07) is -2.58. The van der Waals surface area contributed by atoms with Gasteiger partial charge in [0.15, 0.2) is 0 Å². The topological polar surface area (TPSA) is 157 Å². The molecule has 1 aliphatic heterocycles. The molecule has 1 fully saturated rings. The summed E-state index contributed by atoms with van der Waals surface area (Å²) in [5.74, 6) is -3.26. The maximum Gasteiger partial charge on any atom is 0.322 e. The zero-order chi connectivity index (χ0) is 19.0. The summed E-state index contributed by atoms with van der Waals surface area (Å²) >= 11 is 0. The van der Waals surface area contributed by atoms with Crippen molar-refractivity contribution in [3.05, 3.63) is 0 Å². The van der Waals surface area contributed by atoms with Crippen molar-refractivity contribution in [2.24, 2.45) is 5.92 Å². The van der Waals surface area contributed by atoms with Crippen molar-refractivity contribution in [2.75, 3.05) is 19.7 Å². The third kappa shape index (κ3) is 6.67. The van der Waals surface area contributed by atoms with Crippen LogP contribution in [0.4, 0.5) is 0 Å². The molecule has 6 N–H and O–H groups in total. The molecule has 1 rings (SSSR count). The van der Waals surface area contributed by atoms with Gasteiger partial charge in [0.1, 0.15) is 18.6 Å². The lowest BCUT2D eigenvalue weighted by molar-refractivity contribution is -0.139. The monoisotopic (exact) mass is 358 g/mol. The van der Waals surface area contributed by atoms with Gasteiger partial charge >= 0.3 is 5.97 Å². The lowest BCUT2D eigenvalue weighted by Crippen LogP contribution is -2.58. The second-order valence-corrected chi connectivity index (χ2v) is 6.23. The molecule has 0 aromatic rings. The fraction of sp³-hybridized carbons (Fsp3) is 0.733. The first-order valence-electron chi connectivity index (χ1n) is 8.20. The van der Waals surface area contributed by atoms with Crippen LogP contribution in [-0.2, 0) is 19.2 Å². The van der Waals surface area contributed by atoms with Gasteiger partial charge in [-0.15, -0.1) is 0 Å². The Kier molecular flexibility index (Phi) is 8.29. The summed E-state index contributed by atoms with van der Waals surface area (Å²) < 4.78 is 0. The van der Waals surface area contributed by atoms with E-state index in [1.165, 1.54) is 0 Å². The molecule has 142 valence electrons. The van der Waals surface area contributed by atoms with Gasteiger partial charge in [0, 0.05) is 0 Å². The van der Waals surface area contributed by atoms with Gasteiger partial charge in [-0.3, -0.25) is 19.2 Å². The third-order valence-corrected chi connectivity index (χ3v) is 3.85. The molecule has 0 radical (unpaired) electrons. The molecule has 10 heteroatoms. The molecule has 10 nitrogen and oxygen atoms in total. The van der Waals surface area contributed by atoms with E-state index < -0.39 is 49.1 Å². The van der Waals surface area contributed by atoms with Crippen molar-refractivity contribution in [2.45, 2.75) is 44.8 Å². The molecule has 3 amide bonds. The molecule has 3 atom stereocenters. The Bertz CT molecular complexity index is 504. The number of carboxylic acid groups (broad SMARTS) is 1. The van der Waals surface area contributed by atoms with Crippen LogP contribution >= 0.6 is 0 Å². The van der Waals surface area contributed by atoms with Gasteiger partial charge in [-0.2, -0.15) is 0 Å². The van der Waals surface area contributed by atoms with Crippen LogP contribution in [0.5, 0.6) is 0 Å². The van der Waals surface area contributed by atoms with Gasteiger partial charge in [-0.25, -0.2) is 0 Å². The number of aliphatic carboxylic acids is 1. The van der Waals surface area contributed by atoms with E-state index in [4.69, 9.17) is 5.11 Å². The van der Waals surface area contributed by atoms with Gasteiger partial charge in [0.05, 0.1) is 12.6 Å². The average Bonchev–Trinajstić information content (AvgIpc) is 3.09. The van der Waals surface area contributed by atoms with Crippen LogP contribution in [0.15, 0.2) is 0 Å². The number of nitrogens with one attached hydrogen (secondary N) is 4. The van der Waals surface area contributed by atoms with E-state index >= 15 is 0 Å². The molecule has 3 unspecified atom stereocenters. The maximum absolute atomic E-state index is 12.3. The molecule has 0 bridgehead atoms. The number of amides is 3. The summed E-state index contributed by atoms with van der Waals surface area (Å²) in [4.78, 5) is 46.9. The van der Waals surface area contributed by atoms with Crippen molar-refractivity contribution in [1.82, 2.24) is 21.3 Å². The Morgan fingerprint density at radius 1 is 1.16 bits per heavy atom. The highest BCUT2D eigenvalue weighted by Crippen LogP contribution is 2.06. The Morgan fingerprint density at radius 3 is 2.32 bits per heavy atom. The number of carbonyl (C=O) groups is 4. The molecule has 0 aromatic heterocycles. The quantitative estimate of drug-likeness (QED) is 0.267. The fourth-order valence-corrected chi connectivity index (χ4v) is 2.44. The van der Waals surface area contributed by atoms with Crippen molar-refractivity contribution >= 4 is 23.7 Å². The fourth-order valence-electron chi connectivity index (χ4n) is 2.44. The van der Waals surface area contributed by atoms with Crippen LogP contribution in [-0.4, -0.2) is 71.7 Å². The Balaban J connectivity index is 2.64.